The van der Waals surface area contributed by atoms with Crippen LogP contribution in [0, 0.1) is 0 Å². The monoisotopic (exact) mass is 307 g/mol. The summed E-state index contributed by atoms with van der Waals surface area (Å²) in [7, 11) is -3.37. The highest BCUT2D eigenvalue weighted by molar-refractivity contribution is 7.90. The second-order valence-corrected chi connectivity index (χ2v) is 6.80. The predicted molar refractivity (Wildman–Crippen MR) is 73.4 cm³/mol. The number of rotatable bonds is 8. The zero-order chi connectivity index (χ0) is 15.8. The number of carbonyl (C=O) groups excluding carboxylic acids is 2. The van der Waals surface area contributed by atoms with E-state index in [4.69, 9.17) is 9.47 Å². The van der Waals surface area contributed by atoms with Gasteiger partial charge in [0.2, 0.25) is 10.0 Å². The summed E-state index contributed by atoms with van der Waals surface area (Å²) in [5, 5.41) is -0.552. The summed E-state index contributed by atoms with van der Waals surface area (Å²) < 4.78 is 34.5. The Hall–Kier alpha value is -1.41. The molecule has 0 aromatic heterocycles. The zero-order valence-corrected chi connectivity index (χ0v) is 12.9. The summed E-state index contributed by atoms with van der Waals surface area (Å²) in [4.78, 5) is 22.3. The fourth-order valence-electron chi connectivity index (χ4n) is 0.958. The molecule has 1 N–H and O–H groups in total. The molecular formula is C12H21NO6S. The van der Waals surface area contributed by atoms with Gasteiger partial charge in [-0.15, -0.1) is 0 Å². The van der Waals surface area contributed by atoms with Gasteiger partial charge in [0.05, 0.1) is 11.4 Å². The van der Waals surface area contributed by atoms with Crippen LogP contribution in [0.4, 0.5) is 0 Å². The van der Waals surface area contributed by atoms with E-state index in [0.717, 1.165) is 12.2 Å². The summed E-state index contributed by atoms with van der Waals surface area (Å²) in [5.74, 6) is -1.38. The summed E-state index contributed by atoms with van der Waals surface area (Å²) in [6.45, 7) is 6.31. The van der Waals surface area contributed by atoms with Crippen LogP contribution in [0.5, 0.6) is 0 Å². The molecule has 0 unspecified atom stereocenters. The maximum absolute atomic E-state index is 11.4. The van der Waals surface area contributed by atoms with Gasteiger partial charge in [0.25, 0.3) is 0 Å². The van der Waals surface area contributed by atoms with Crippen LogP contribution in [0.25, 0.3) is 0 Å². The third-order valence-electron chi connectivity index (χ3n) is 1.98. The third kappa shape index (κ3) is 8.65. The Morgan fingerprint density at radius 2 is 1.65 bits per heavy atom. The van der Waals surface area contributed by atoms with E-state index in [0.29, 0.717) is 0 Å². The number of hydrogen-bond donors (Lipinski definition) is 1. The van der Waals surface area contributed by atoms with Gasteiger partial charge in [-0.2, -0.15) is 0 Å². The number of carbonyl (C=O) groups is 2. The molecule has 0 aromatic rings. The molecule has 0 bridgehead atoms. The van der Waals surface area contributed by atoms with Gasteiger partial charge in [0, 0.05) is 18.7 Å². The molecule has 0 saturated carbocycles. The van der Waals surface area contributed by atoms with E-state index in [1.165, 1.54) is 13.8 Å². The molecule has 0 atom stereocenters. The molecule has 0 radical (unpaired) electrons. The lowest BCUT2D eigenvalue weighted by molar-refractivity contribution is -0.142. The molecule has 0 fully saturated rings. The average Bonchev–Trinajstić information content (AvgIpc) is 2.31. The van der Waals surface area contributed by atoms with Crippen molar-refractivity contribution in [3.05, 3.63) is 12.2 Å². The summed E-state index contributed by atoms with van der Waals surface area (Å²) in [6.07, 6.45) is 1.62. The van der Waals surface area contributed by atoms with E-state index in [1.807, 2.05) is 0 Å². The first-order chi connectivity index (χ1) is 9.15. The Morgan fingerprint density at radius 1 is 1.10 bits per heavy atom. The van der Waals surface area contributed by atoms with Crippen molar-refractivity contribution in [1.29, 1.82) is 0 Å². The number of ether oxygens (including phenoxy) is 2. The van der Waals surface area contributed by atoms with Gasteiger partial charge < -0.3 is 9.47 Å². The Balaban J connectivity index is 3.96. The lowest BCUT2D eigenvalue weighted by Crippen LogP contribution is -2.33. The van der Waals surface area contributed by atoms with Crippen molar-refractivity contribution in [2.45, 2.75) is 39.0 Å². The highest BCUT2D eigenvalue weighted by Crippen LogP contribution is 1.95. The first-order valence-electron chi connectivity index (χ1n) is 6.19. The number of esters is 2. The van der Waals surface area contributed by atoms with E-state index < -0.39 is 27.2 Å². The van der Waals surface area contributed by atoms with Gasteiger partial charge in [0.1, 0.15) is 6.61 Å². The van der Waals surface area contributed by atoms with Crippen LogP contribution in [0.3, 0.4) is 0 Å². The number of sulfonamides is 1. The fraction of sp³-hybridized carbons (Fsp3) is 0.667. The summed E-state index contributed by atoms with van der Waals surface area (Å²) in [6, 6.07) is 0. The van der Waals surface area contributed by atoms with E-state index in [9.17, 15) is 18.0 Å². The molecule has 0 aliphatic rings. The average molecular weight is 307 g/mol. The second-order valence-electron chi connectivity index (χ2n) is 4.47. The predicted octanol–water partition coefficient (Wildman–Crippen LogP) is 0.365. The fourth-order valence-corrected chi connectivity index (χ4v) is 1.66. The minimum Gasteiger partial charge on any atom is -0.461 e. The molecule has 0 aliphatic heterocycles. The molecule has 0 aliphatic carbocycles. The van der Waals surface area contributed by atoms with Crippen LogP contribution in [0.2, 0.25) is 0 Å². The Morgan fingerprint density at radius 3 is 2.15 bits per heavy atom. The van der Waals surface area contributed by atoms with Gasteiger partial charge in [0.15, 0.2) is 0 Å². The van der Waals surface area contributed by atoms with Crippen molar-refractivity contribution >= 4 is 22.0 Å². The molecule has 0 amide bonds. The van der Waals surface area contributed by atoms with Gasteiger partial charge in [-0.1, -0.05) is 0 Å². The van der Waals surface area contributed by atoms with Crippen molar-refractivity contribution < 1.29 is 27.5 Å². The molecule has 20 heavy (non-hydrogen) atoms. The Bertz CT molecular complexity index is 453. The van der Waals surface area contributed by atoms with Gasteiger partial charge in [-0.25, -0.2) is 22.7 Å². The number of nitrogens with one attached hydrogen (secondary N) is 1. The van der Waals surface area contributed by atoms with Crippen molar-refractivity contribution in [3.63, 3.8) is 0 Å². The standard InChI is InChI=1S/C12H21NO6S/c1-9(2)19-12(15)6-5-11(14)18-8-7-13-20(16,17)10(3)4/h5-6,9-10,13H,7-8H2,1-4H3/b6-5+. The van der Waals surface area contributed by atoms with E-state index in [-0.39, 0.29) is 19.3 Å². The highest BCUT2D eigenvalue weighted by Gasteiger charge is 2.14. The van der Waals surface area contributed by atoms with Gasteiger partial charge in [-0.3, -0.25) is 0 Å². The lowest BCUT2D eigenvalue weighted by atomic mass is 10.4. The molecule has 0 saturated heterocycles. The zero-order valence-electron chi connectivity index (χ0n) is 12.1. The van der Waals surface area contributed by atoms with Gasteiger partial charge in [-0.05, 0) is 27.7 Å². The number of hydrogen-bond acceptors (Lipinski definition) is 6. The second kappa shape index (κ2) is 8.70. The SMILES string of the molecule is CC(C)OC(=O)/C=C/C(=O)OCCNS(=O)(=O)C(C)C. The maximum Gasteiger partial charge on any atom is 0.331 e. The maximum atomic E-state index is 11.4. The molecule has 116 valence electrons. The van der Waals surface area contributed by atoms with Gasteiger partial charge >= 0.3 is 11.9 Å². The first-order valence-corrected chi connectivity index (χ1v) is 7.73. The molecule has 0 aromatic carbocycles. The molecular weight excluding hydrogens is 286 g/mol. The van der Waals surface area contributed by atoms with Crippen LogP contribution >= 0.6 is 0 Å². The molecule has 0 rings (SSSR count). The molecule has 0 spiro atoms. The van der Waals surface area contributed by atoms with Crippen LogP contribution in [-0.4, -0.2) is 44.9 Å². The van der Waals surface area contributed by atoms with E-state index in [1.54, 1.807) is 13.8 Å². The first kappa shape index (κ1) is 18.6. The third-order valence-corrected chi connectivity index (χ3v) is 3.83. The van der Waals surface area contributed by atoms with Crippen molar-refractivity contribution in [1.82, 2.24) is 4.72 Å². The topological polar surface area (TPSA) is 98.8 Å². The largest absolute Gasteiger partial charge is 0.461 e. The van der Waals surface area contributed by atoms with Crippen LogP contribution in [0.15, 0.2) is 12.2 Å². The van der Waals surface area contributed by atoms with Crippen LogP contribution in [-0.2, 0) is 29.1 Å². The summed E-state index contributed by atoms with van der Waals surface area (Å²) >= 11 is 0. The van der Waals surface area contributed by atoms with Crippen LogP contribution in [0.1, 0.15) is 27.7 Å². The van der Waals surface area contributed by atoms with Crippen molar-refractivity contribution in [3.8, 4) is 0 Å². The highest BCUT2D eigenvalue weighted by atomic mass is 32.2. The lowest BCUT2D eigenvalue weighted by Gasteiger charge is -2.09. The van der Waals surface area contributed by atoms with Crippen molar-refractivity contribution in [2.75, 3.05) is 13.2 Å². The van der Waals surface area contributed by atoms with Crippen LogP contribution < -0.4 is 4.72 Å². The van der Waals surface area contributed by atoms with E-state index in [2.05, 4.69) is 4.72 Å². The minimum atomic E-state index is -3.37. The molecule has 8 heteroatoms. The minimum absolute atomic E-state index is 0.0173. The quantitative estimate of drug-likeness (QED) is 0.395. The van der Waals surface area contributed by atoms with E-state index >= 15 is 0 Å². The molecule has 0 heterocycles. The Kier molecular flexibility index (Phi) is 8.09. The normalized spacial score (nSPS) is 12.1. The summed E-state index contributed by atoms with van der Waals surface area (Å²) in [5.41, 5.74) is 0. The Labute approximate surface area is 119 Å². The smallest absolute Gasteiger partial charge is 0.331 e. The molecule has 7 nitrogen and oxygen atoms in total. The van der Waals surface area contributed by atoms with Crippen molar-refractivity contribution in [2.24, 2.45) is 0 Å².